The zero-order valence-electron chi connectivity index (χ0n) is 12.3. The fourth-order valence-corrected chi connectivity index (χ4v) is 2.44. The van der Waals surface area contributed by atoms with Gasteiger partial charge in [-0.05, 0) is 55.0 Å². The molecule has 0 aliphatic heterocycles. The summed E-state index contributed by atoms with van der Waals surface area (Å²) in [5.74, 6) is 0. The van der Waals surface area contributed by atoms with Crippen molar-refractivity contribution in [3.05, 3.63) is 63.2 Å². The molecule has 4 nitrogen and oxygen atoms in total. The smallest absolute Gasteiger partial charge is 0.292 e. The lowest BCUT2D eigenvalue weighted by molar-refractivity contribution is -0.384. The van der Waals surface area contributed by atoms with Gasteiger partial charge in [-0.25, -0.2) is 0 Å². The molecule has 1 N–H and O–H groups in total. The predicted molar refractivity (Wildman–Crippen MR) is 88.1 cm³/mol. The summed E-state index contributed by atoms with van der Waals surface area (Å²) in [4.78, 5) is 12.0. The lowest BCUT2D eigenvalue weighted by atomic mass is 10.1. The van der Waals surface area contributed by atoms with Crippen LogP contribution in [0.5, 0.6) is 0 Å². The first-order valence-corrected chi connectivity index (χ1v) is 7.86. The van der Waals surface area contributed by atoms with Crippen LogP contribution in [0.3, 0.4) is 0 Å². The molecule has 0 spiro atoms. The number of nitrogens with zero attached hydrogens (tertiary/aromatic N) is 1. The van der Waals surface area contributed by atoms with E-state index >= 15 is 0 Å². The van der Waals surface area contributed by atoms with Gasteiger partial charge < -0.3 is 5.32 Å². The summed E-state index contributed by atoms with van der Waals surface area (Å²) in [5, 5.41) is 14.3. The highest BCUT2D eigenvalue weighted by molar-refractivity contribution is 7.98. The minimum atomic E-state index is -0.342. The summed E-state index contributed by atoms with van der Waals surface area (Å²) in [5.41, 5.74) is 3.76. The van der Waals surface area contributed by atoms with Gasteiger partial charge in [0.15, 0.2) is 0 Å². The number of nitro benzene ring substituents is 1. The van der Waals surface area contributed by atoms with E-state index in [0.717, 1.165) is 16.7 Å². The van der Waals surface area contributed by atoms with E-state index in [-0.39, 0.29) is 10.6 Å². The zero-order valence-corrected chi connectivity index (χ0v) is 13.2. The summed E-state index contributed by atoms with van der Waals surface area (Å²) in [6.45, 7) is 4.41. The van der Waals surface area contributed by atoms with E-state index in [1.54, 1.807) is 17.8 Å². The highest BCUT2D eigenvalue weighted by Crippen LogP contribution is 2.28. The fraction of sp³-hybridized carbons (Fsp3) is 0.250. The lowest BCUT2D eigenvalue weighted by Crippen LogP contribution is -2.03. The van der Waals surface area contributed by atoms with Crippen molar-refractivity contribution >= 4 is 23.1 Å². The molecule has 110 valence electrons. The Balaban J connectivity index is 2.18. The van der Waals surface area contributed by atoms with E-state index in [4.69, 9.17) is 0 Å². The Morgan fingerprint density at radius 2 is 1.76 bits per heavy atom. The molecular formula is C16H18N2O2S. The molecule has 0 aliphatic rings. The van der Waals surface area contributed by atoms with Crippen LogP contribution >= 0.6 is 11.8 Å². The molecule has 0 amide bonds. The quantitative estimate of drug-likeness (QED) is 0.500. The molecule has 0 aromatic heterocycles. The van der Waals surface area contributed by atoms with Gasteiger partial charge in [-0.15, -0.1) is 11.8 Å². The van der Waals surface area contributed by atoms with Crippen molar-refractivity contribution in [3.63, 3.8) is 0 Å². The number of hydrogen-bond acceptors (Lipinski definition) is 4. The second-order valence-electron chi connectivity index (χ2n) is 4.91. The molecule has 2 rings (SSSR count). The summed E-state index contributed by atoms with van der Waals surface area (Å²) in [6.07, 6.45) is 2.03. The number of benzene rings is 2. The molecule has 0 saturated heterocycles. The Kier molecular flexibility index (Phi) is 4.85. The van der Waals surface area contributed by atoms with Gasteiger partial charge in [0.25, 0.3) is 5.69 Å². The zero-order chi connectivity index (χ0) is 15.4. The first kappa shape index (κ1) is 15.4. The molecule has 0 atom stereocenters. The summed E-state index contributed by atoms with van der Waals surface area (Å²) in [6, 6.07) is 11.6. The maximum atomic E-state index is 11.1. The largest absolute Gasteiger partial charge is 0.375 e. The highest BCUT2D eigenvalue weighted by Gasteiger charge is 2.15. The van der Waals surface area contributed by atoms with E-state index in [2.05, 4.69) is 17.4 Å². The number of thioether (sulfide) groups is 1. The average molecular weight is 302 g/mol. The number of anilines is 1. The normalized spacial score (nSPS) is 10.4. The first-order valence-electron chi connectivity index (χ1n) is 6.63. The van der Waals surface area contributed by atoms with Gasteiger partial charge in [-0.3, -0.25) is 10.1 Å². The van der Waals surface area contributed by atoms with Gasteiger partial charge in [0, 0.05) is 17.5 Å². The van der Waals surface area contributed by atoms with Crippen LogP contribution in [0.15, 0.2) is 41.3 Å². The molecule has 0 saturated carbocycles. The van der Waals surface area contributed by atoms with Crippen LogP contribution in [0.1, 0.15) is 16.7 Å². The molecule has 0 heterocycles. The van der Waals surface area contributed by atoms with Crippen molar-refractivity contribution in [2.75, 3.05) is 11.6 Å². The monoisotopic (exact) mass is 302 g/mol. The van der Waals surface area contributed by atoms with E-state index in [9.17, 15) is 10.1 Å². The van der Waals surface area contributed by atoms with E-state index in [1.165, 1.54) is 4.90 Å². The lowest BCUT2D eigenvalue weighted by Gasteiger charge is -2.10. The molecule has 0 fully saturated rings. The summed E-state index contributed by atoms with van der Waals surface area (Å²) < 4.78 is 0. The van der Waals surface area contributed by atoms with Crippen LogP contribution in [0.25, 0.3) is 0 Å². The molecule has 2 aromatic rings. The first-order chi connectivity index (χ1) is 10.0. The number of nitrogens with one attached hydrogen (secondary N) is 1. The highest BCUT2D eigenvalue weighted by atomic mass is 32.2. The molecule has 0 unspecified atom stereocenters. The second kappa shape index (κ2) is 6.63. The molecular weight excluding hydrogens is 284 g/mol. The number of rotatable bonds is 5. The Morgan fingerprint density at radius 1 is 1.14 bits per heavy atom. The van der Waals surface area contributed by atoms with Crippen LogP contribution in [-0.2, 0) is 6.54 Å². The van der Waals surface area contributed by atoms with Gasteiger partial charge in [0.05, 0.1) is 4.92 Å². The van der Waals surface area contributed by atoms with Crippen molar-refractivity contribution in [1.29, 1.82) is 0 Å². The third-order valence-electron chi connectivity index (χ3n) is 3.45. The Hall–Kier alpha value is -2.01. The van der Waals surface area contributed by atoms with Crippen LogP contribution in [0.2, 0.25) is 0 Å². The van der Waals surface area contributed by atoms with Crippen molar-refractivity contribution in [2.24, 2.45) is 0 Å². The Bertz CT molecular complexity index is 654. The Morgan fingerprint density at radius 3 is 2.33 bits per heavy atom. The third-order valence-corrected chi connectivity index (χ3v) is 4.19. The maximum Gasteiger partial charge on any atom is 0.292 e. The molecule has 5 heteroatoms. The minimum Gasteiger partial charge on any atom is -0.375 e. The minimum absolute atomic E-state index is 0.124. The Labute approximate surface area is 128 Å². The van der Waals surface area contributed by atoms with Gasteiger partial charge in [-0.1, -0.05) is 12.1 Å². The van der Waals surface area contributed by atoms with Gasteiger partial charge in [0.2, 0.25) is 0 Å². The number of aryl methyl sites for hydroxylation is 2. The molecule has 0 bridgehead atoms. The van der Waals surface area contributed by atoms with Crippen LogP contribution in [0.4, 0.5) is 11.4 Å². The van der Waals surface area contributed by atoms with E-state index in [0.29, 0.717) is 12.2 Å². The van der Waals surface area contributed by atoms with E-state index < -0.39 is 0 Å². The molecule has 21 heavy (non-hydrogen) atoms. The van der Waals surface area contributed by atoms with Crippen molar-refractivity contribution in [3.8, 4) is 0 Å². The number of nitro groups is 1. The molecule has 2 aromatic carbocycles. The standard InChI is InChI=1S/C16H18N2O2S/c1-11-8-15(16(18(19)20)9-12(11)2)17-10-13-4-6-14(21-3)7-5-13/h4-9,17H,10H2,1-3H3. The van der Waals surface area contributed by atoms with Gasteiger partial charge in [-0.2, -0.15) is 0 Å². The second-order valence-corrected chi connectivity index (χ2v) is 5.79. The van der Waals surface area contributed by atoms with Crippen molar-refractivity contribution < 1.29 is 4.92 Å². The molecule has 0 radical (unpaired) electrons. The van der Waals surface area contributed by atoms with E-state index in [1.807, 2.05) is 38.3 Å². The third kappa shape index (κ3) is 3.76. The molecule has 0 aliphatic carbocycles. The predicted octanol–water partition coefficient (Wildman–Crippen LogP) is 4.55. The number of hydrogen-bond donors (Lipinski definition) is 1. The van der Waals surface area contributed by atoms with Gasteiger partial charge in [0.1, 0.15) is 5.69 Å². The topological polar surface area (TPSA) is 55.2 Å². The van der Waals surface area contributed by atoms with Crippen LogP contribution < -0.4 is 5.32 Å². The van der Waals surface area contributed by atoms with Gasteiger partial charge >= 0.3 is 0 Å². The van der Waals surface area contributed by atoms with Crippen molar-refractivity contribution in [1.82, 2.24) is 0 Å². The average Bonchev–Trinajstić information content (AvgIpc) is 2.48. The maximum absolute atomic E-state index is 11.1. The SMILES string of the molecule is CSc1ccc(CNc2cc(C)c(C)cc2[N+](=O)[O-])cc1. The summed E-state index contributed by atoms with van der Waals surface area (Å²) in [7, 11) is 0. The van der Waals surface area contributed by atoms with Crippen LogP contribution in [-0.4, -0.2) is 11.2 Å². The fourth-order valence-electron chi connectivity index (χ4n) is 2.03. The van der Waals surface area contributed by atoms with Crippen molar-refractivity contribution in [2.45, 2.75) is 25.3 Å². The van der Waals surface area contributed by atoms with Crippen LogP contribution in [0, 0.1) is 24.0 Å². The summed E-state index contributed by atoms with van der Waals surface area (Å²) >= 11 is 1.69.